The minimum atomic E-state index is 0.707. The number of aliphatic imine (C=N–C) groups is 1. The number of aromatic nitrogens is 3. The summed E-state index contributed by atoms with van der Waals surface area (Å²) in [6.45, 7) is 4.41. The monoisotopic (exact) mass is 362 g/mol. The van der Waals surface area contributed by atoms with Crippen LogP contribution >= 0.6 is 0 Å². The van der Waals surface area contributed by atoms with Crippen molar-refractivity contribution in [2.24, 2.45) is 4.99 Å². The molecule has 2 aromatic heterocycles. The molecule has 27 heavy (non-hydrogen) atoms. The molecule has 0 atom stereocenters. The van der Waals surface area contributed by atoms with Gasteiger partial charge in [0.25, 0.3) is 0 Å². The number of nitrogens with one attached hydrogen (secondary N) is 2. The van der Waals surface area contributed by atoms with E-state index in [-0.39, 0.29) is 0 Å². The van der Waals surface area contributed by atoms with Crippen molar-refractivity contribution in [2.45, 2.75) is 19.8 Å². The van der Waals surface area contributed by atoms with E-state index in [2.05, 4.69) is 38.8 Å². The van der Waals surface area contributed by atoms with Crippen LogP contribution in [0.2, 0.25) is 0 Å². The third kappa shape index (κ3) is 5.95. The van der Waals surface area contributed by atoms with Gasteiger partial charge < -0.3 is 10.6 Å². The fraction of sp³-hybridized carbons (Fsp3) is 0.286. The Morgan fingerprint density at radius 3 is 2.67 bits per heavy atom. The number of hydrogen-bond donors (Lipinski definition) is 2. The third-order valence-electron chi connectivity index (χ3n) is 4.07. The Bertz CT molecular complexity index is 826. The van der Waals surface area contributed by atoms with Gasteiger partial charge in [-0.25, -0.2) is 4.68 Å². The second kappa shape index (κ2) is 10.1. The van der Waals surface area contributed by atoms with Gasteiger partial charge in [-0.05, 0) is 43.2 Å². The Morgan fingerprint density at radius 1 is 1.04 bits per heavy atom. The van der Waals surface area contributed by atoms with Gasteiger partial charge in [0.1, 0.15) is 0 Å². The van der Waals surface area contributed by atoms with Gasteiger partial charge in [-0.2, -0.15) is 5.10 Å². The summed E-state index contributed by atoms with van der Waals surface area (Å²) in [7, 11) is 0. The standard InChI is InChI=1S/C21H26N6/c1-2-22-21(25-15-12-19-8-6-7-13-23-19)24-14-11-18-16-26-27(17-18)20-9-4-3-5-10-20/h3-10,13,16-17H,2,11-12,14-15H2,1H3,(H2,22,24,25). The number of para-hydroxylation sites is 1. The van der Waals surface area contributed by atoms with E-state index in [4.69, 9.17) is 0 Å². The van der Waals surface area contributed by atoms with Gasteiger partial charge in [0.2, 0.25) is 0 Å². The van der Waals surface area contributed by atoms with Gasteiger partial charge in [-0.15, -0.1) is 0 Å². The van der Waals surface area contributed by atoms with Gasteiger partial charge >= 0.3 is 0 Å². The number of benzene rings is 1. The Morgan fingerprint density at radius 2 is 1.89 bits per heavy atom. The zero-order valence-corrected chi connectivity index (χ0v) is 15.7. The van der Waals surface area contributed by atoms with E-state index >= 15 is 0 Å². The molecule has 6 nitrogen and oxygen atoms in total. The topological polar surface area (TPSA) is 67.1 Å². The number of hydrogen-bond acceptors (Lipinski definition) is 3. The first-order chi connectivity index (χ1) is 13.3. The minimum Gasteiger partial charge on any atom is -0.357 e. The summed E-state index contributed by atoms with van der Waals surface area (Å²) in [6.07, 6.45) is 7.53. The summed E-state index contributed by atoms with van der Waals surface area (Å²) in [6, 6.07) is 16.1. The van der Waals surface area contributed by atoms with Gasteiger partial charge in [0, 0.05) is 44.1 Å². The Labute approximate surface area is 160 Å². The zero-order chi connectivity index (χ0) is 18.7. The quantitative estimate of drug-likeness (QED) is 0.477. The number of pyridine rings is 1. The lowest BCUT2D eigenvalue weighted by Gasteiger charge is -2.10. The molecular weight excluding hydrogens is 336 g/mol. The van der Waals surface area contributed by atoms with E-state index in [1.807, 2.05) is 65.6 Å². The lowest BCUT2D eigenvalue weighted by Crippen LogP contribution is -2.38. The second-order valence-corrected chi connectivity index (χ2v) is 6.14. The molecule has 0 unspecified atom stereocenters. The summed E-state index contributed by atoms with van der Waals surface area (Å²) in [5.41, 5.74) is 3.32. The van der Waals surface area contributed by atoms with E-state index in [0.717, 1.165) is 43.3 Å². The van der Waals surface area contributed by atoms with Gasteiger partial charge in [0.05, 0.1) is 11.9 Å². The van der Waals surface area contributed by atoms with E-state index in [1.54, 1.807) is 0 Å². The molecule has 2 heterocycles. The molecular formula is C21H26N6. The Hall–Kier alpha value is -3.15. The van der Waals surface area contributed by atoms with Crippen LogP contribution in [0.5, 0.6) is 0 Å². The SMILES string of the molecule is CCNC(=NCCc1ccccn1)NCCc1cnn(-c2ccccc2)c1. The van der Waals surface area contributed by atoms with Crippen LogP contribution in [-0.4, -0.2) is 40.4 Å². The van der Waals surface area contributed by atoms with Gasteiger partial charge in [0.15, 0.2) is 5.96 Å². The summed E-state index contributed by atoms with van der Waals surface area (Å²) < 4.78 is 1.90. The molecule has 0 saturated carbocycles. The maximum atomic E-state index is 4.63. The van der Waals surface area contributed by atoms with E-state index in [0.29, 0.717) is 6.54 Å². The normalized spacial score (nSPS) is 11.4. The highest BCUT2D eigenvalue weighted by Crippen LogP contribution is 2.07. The highest BCUT2D eigenvalue weighted by molar-refractivity contribution is 5.79. The van der Waals surface area contributed by atoms with E-state index in [1.165, 1.54) is 5.56 Å². The summed E-state index contributed by atoms with van der Waals surface area (Å²) in [5, 5.41) is 11.1. The Kier molecular flexibility index (Phi) is 6.98. The summed E-state index contributed by atoms with van der Waals surface area (Å²) >= 11 is 0. The van der Waals surface area contributed by atoms with E-state index in [9.17, 15) is 0 Å². The van der Waals surface area contributed by atoms with Crippen LogP contribution in [0.4, 0.5) is 0 Å². The van der Waals surface area contributed by atoms with Crippen LogP contribution in [0.3, 0.4) is 0 Å². The summed E-state index contributed by atoms with van der Waals surface area (Å²) in [5.74, 6) is 0.837. The van der Waals surface area contributed by atoms with Crippen molar-refractivity contribution >= 4 is 5.96 Å². The first-order valence-corrected chi connectivity index (χ1v) is 9.36. The van der Waals surface area contributed by atoms with Crippen molar-refractivity contribution in [3.8, 4) is 5.69 Å². The minimum absolute atomic E-state index is 0.707. The molecule has 3 rings (SSSR count). The molecule has 0 amide bonds. The molecule has 0 aliphatic rings. The molecule has 140 valence electrons. The first kappa shape index (κ1) is 18.6. The van der Waals surface area contributed by atoms with Crippen molar-refractivity contribution in [2.75, 3.05) is 19.6 Å². The highest BCUT2D eigenvalue weighted by atomic mass is 15.3. The number of guanidine groups is 1. The van der Waals surface area contributed by atoms with Crippen LogP contribution in [0.25, 0.3) is 5.69 Å². The maximum Gasteiger partial charge on any atom is 0.191 e. The van der Waals surface area contributed by atoms with Gasteiger partial charge in [-0.1, -0.05) is 24.3 Å². The lowest BCUT2D eigenvalue weighted by atomic mass is 10.2. The molecule has 2 N–H and O–H groups in total. The molecule has 0 bridgehead atoms. The van der Waals surface area contributed by atoms with Crippen LogP contribution < -0.4 is 10.6 Å². The molecule has 0 aliphatic carbocycles. The van der Waals surface area contributed by atoms with Crippen LogP contribution in [-0.2, 0) is 12.8 Å². The number of rotatable bonds is 8. The van der Waals surface area contributed by atoms with E-state index < -0.39 is 0 Å². The third-order valence-corrected chi connectivity index (χ3v) is 4.07. The van der Waals surface area contributed by atoms with Crippen molar-refractivity contribution in [3.63, 3.8) is 0 Å². The average Bonchev–Trinajstić information content (AvgIpc) is 3.18. The highest BCUT2D eigenvalue weighted by Gasteiger charge is 2.02. The fourth-order valence-electron chi connectivity index (χ4n) is 2.71. The van der Waals surface area contributed by atoms with Crippen LogP contribution in [0, 0.1) is 0 Å². The molecule has 3 aromatic rings. The molecule has 0 radical (unpaired) electrons. The zero-order valence-electron chi connectivity index (χ0n) is 15.7. The van der Waals surface area contributed by atoms with Crippen molar-refractivity contribution < 1.29 is 0 Å². The molecule has 0 fully saturated rings. The summed E-state index contributed by atoms with van der Waals surface area (Å²) in [4.78, 5) is 8.96. The second-order valence-electron chi connectivity index (χ2n) is 6.14. The van der Waals surface area contributed by atoms with Crippen LogP contribution in [0.15, 0.2) is 72.1 Å². The predicted molar refractivity (Wildman–Crippen MR) is 109 cm³/mol. The maximum absolute atomic E-state index is 4.63. The van der Waals surface area contributed by atoms with Crippen molar-refractivity contribution in [1.29, 1.82) is 0 Å². The average molecular weight is 362 g/mol. The lowest BCUT2D eigenvalue weighted by molar-refractivity contribution is 0.794. The largest absolute Gasteiger partial charge is 0.357 e. The van der Waals surface area contributed by atoms with Crippen molar-refractivity contribution in [3.05, 3.63) is 78.4 Å². The predicted octanol–water partition coefficient (Wildman–Crippen LogP) is 2.61. The molecule has 0 saturated heterocycles. The molecule has 0 aliphatic heterocycles. The smallest absolute Gasteiger partial charge is 0.191 e. The van der Waals surface area contributed by atoms with Crippen LogP contribution in [0.1, 0.15) is 18.2 Å². The first-order valence-electron chi connectivity index (χ1n) is 9.36. The molecule has 1 aromatic carbocycles. The Balaban J connectivity index is 1.48. The van der Waals surface area contributed by atoms with Crippen molar-refractivity contribution in [1.82, 2.24) is 25.4 Å². The van der Waals surface area contributed by atoms with Gasteiger partial charge in [-0.3, -0.25) is 9.98 Å². The molecule has 0 spiro atoms. The number of nitrogens with zero attached hydrogens (tertiary/aromatic N) is 4. The molecule has 6 heteroatoms. The fourth-order valence-corrected chi connectivity index (χ4v) is 2.71.